The number of cyclic esters (lactones) is 1. The first-order chi connectivity index (χ1) is 7.63. The summed E-state index contributed by atoms with van der Waals surface area (Å²) in [5.41, 5.74) is 0. The summed E-state index contributed by atoms with van der Waals surface area (Å²) >= 11 is 0. The van der Waals surface area contributed by atoms with Gasteiger partial charge in [0.2, 0.25) is 0 Å². The van der Waals surface area contributed by atoms with Crippen LogP contribution in [0.15, 0.2) is 24.3 Å². The summed E-state index contributed by atoms with van der Waals surface area (Å²) in [5, 5.41) is 19.2. The van der Waals surface area contributed by atoms with E-state index in [2.05, 4.69) is 0 Å². The van der Waals surface area contributed by atoms with E-state index in [1.807, 2.05) is 6.92 Å². The molecule has 1 heterocycles. The Morgan fingerprint density at radius 2 is 2.19 bits per heavy atom. The van der Waals surface area contributed by atoms with Gasteiger partial charge in [0, 0.05) is 12.5 Å². The number of rotatable bonds is 2. The Morgan fingerprint density at radius 3 is 2.88 bits per heavy atom. The lowest BCUT2D eigenvalue weighted by molar-refractivity contribution is -0.145. The lowest BCUT2D eigenvalue weighted by Crippen LogP contribution is -2.31. The quantitative estimate of drug-likeness (QED) is 0.688. The van der Waals surface area contributed by atoms with Crippen LogP contribution in [-0.2, 0) is 9.53 Å². The highest BCUT2D eigenvalue weighted by Gasteiger charge is 2.21. The molecule has 0 radical (unpaired) electrons. The zero-order valence-corrected chi connectivity index (χ0v) is 9.37. The molecular formula is C12H18O4. The number of aliphatic hydroxyl groups is 2. The van der Waals surface area contributed by atoms with E-state index in [9.17, 15) is 15.0 Å². The van der Waals surface area contributed by atoms with Crippen molar-refractivity contribution in [2.24, 2.45) is 0 Å². The molecule has 0 aromatic heterocycles. The molecule has 4 heteroatoms. The second-order valence-corrected chi connectivity index (χ2v) is 3.89. The van der Waals surface area contributed by atoms with E-state index in [0.29, 0.717) is 6.42 Å². The van der Waals surface area contributed by atoms with E-state index < -0.39 is 18.2 Å². The Kier molecular flexibility index (Phi) is 5.22. The van der Waals surface area contributed by atoms with Gasteiger partial charge in [0.25, 0.3) is 0 Å². The number of ether oxygens (including phenoxy) is 1. The summed E-state index contributed by atoms with van der Waals surface area (Å²) in [6.45, 7) is 1.98. The van der Waals surface area contributed by atoms with Crippen LogP contribution >= 0.6 is 0 Å². The molecule has 0 aliphatic carbocycles. The van der Waals surface area contributed by atoms with Gasteiger partial charge in [-0.25, -0.2) is 4.79 Å². The van der Waals surface area contributed by atoms with Gasteiger partial charge in [-0.05, 0) is 6.42 Å². The Morgan fingerprint density at radius 1 is 1.44 bits per heavy atom. The molecule has 4 nitrogen and oxygen atoms in total. The highest BCUT2D eigenvalue weighted by Crippen LogP contribution is 2.14. The van der Waals surface area contributed by atoms with Gasteiger partial charge in [-0.2, -0.15) is 0 Å². The van der Waals surface area contributed by atoms with Gasteiger partial charge in [0.1, 0.15) is 6.10 Å². The number of esters is 1. The normalized spacial score (nSPS) is 35.2. The first-order valence-corrected chi connectivity index (χ1v) is 5.55. The van der Waals surface area contributed by atoms with Crippen LogP contribution in [0.25, 0.3) is 0 Å². The average Bonchev–Trinajstić information content (AvgIpc) is 2.23. The molecule has 0 unspecified atom stereocenters. The van der Waals surface area contributed by atoms with E-state index in [1.165, 1.54) is 24.3 Å². The summed E-state index contributed by atoms with van der Waals surface area (Å²) in [6, 6.07) is 0. The maximum Gasteiger partial charge on any atom is 0.331 e. The van der Waals surface area contributed by atoms with Crippen LogP contribution in [0.5, 0.6) is 0 Å². The second kappa shape index (κ2) is 6.45. The van der Waals surface area contributed by atoms with Gasteiger partial charge in [0.15, 0.2) is 0 Å². The van der Waals surface area contributed by atoms with Gasteiger partial charge in [-0.15, -0.1) is 0 Å². The minimum absolute atomic E-state index is 0.263. The van der Waals surface area contributed by atoms with E-state index in [4.69, 9.17) is 4.74 Å². The third-order valence-corrected chi connectivity index (χ3v) is 2.44. The first kappa shape index (κ1) is 12.9. The Bertz CT molecular complexity index is 283. The lowest BCUT2D eigenvalue weighted by atomic mass is 10.0. The monoisotopic (exact) mass is 226 g/mol. The van der Waals surface area contributed by atoms with Crippen LogP contribution in [0, 0.1) is 0 Å². The van der Waals surface area contributed by atoms with E-state index in [0.717, 1.165) is 6.42 Å². The molecule has 2 N–H and O–H groups in total. The van der Waals surface area contributed by atoms with Crippen molar-refractivity contribution in [3.8, 4) is 0 Å². The zero-order valence-electron chi connectivity index (χ0n) is 9.37. The highest BCUT2D eigenvalue weighted by atomic mass is 16.5. The summed E-state index contributed by atoms with van der Waals surface area (Å²) in [7, 11) is 0. The number of hydrogen-bond acceptors (Lipinski definition) is 4. The average molecular weight is 226 g/mol. The standard InChI is InChI=1S/C12H18O4/c1-2-5-9-8-11(14)10(13)6-3-4-7-12(15)16-9/h3-4,6-7,9-11,13-14H,2,5,8H2,1H3/b6-3+,7-4-/t9-,10+,11+/m1/s1. The summed E-state index contributed by atoms with van der Waals surface area (Å²) in [5.74, 6) is -0.410. The van der Waals surface area contributed by atoms with Gasteiger partial charge in [-0.3, -0.25) is 0 Å². The van der Waals surface area contributed by atoms with Crippen molar-refractivity contribution in [2.45, 2.75) is 44.5 Å². The van der Waals surface area contributed by atoms with Gasteiger partial charge in [0.05, 0.1) is 12.2 Å². The van der Waals surface area contributed by atoms with Crippen molar-refractivity contribution in [3.63, 3.8) is 0 Å². The molecule has 0 aromatic carbocycles. The Hall–Kier alpha value is -1.13. The van der Waals surface area contributed by atoms with E-state index in [1.54, 1.807) is 0 Å². The van der Waals surface area contributed by atoms with Crippen molar-refractivity contribution in [2.75, 3.05) is 0 Å². The molecule has 1 aliphatic heterocycles. The third kappa shape index (κ3) is 4.16. The topological polar surface area (TPSA) is 66.8 Å². The molecule has 3 atom stereocenters. The molecule has 0 saturated heterocycles. The predicted octanol–water partition coefficient (Wildman–Crippen LogP) is 0.936. The molecule has 1 aliphatic rings. The SMILES string of the molecule is CCC[C@@H]1C[C@H](O)[C@@H](O)/C=C/C=C\C(=O)O1. The van der Waals surface area contributed by atoms with Gasteiger partial charge < -0.3 is 14.9 Å². The third-order valence-electron chi connectivity index (χ3n) is 2.44. The predicted molar refractivity (Wildman–Crippen MR) is 59.7 cm³/mol. The number of carbonyl (C=O) groups is 1. The molecule has 0 saturated carbocycles. The first-order valence-electron chi connectivity index (χ1n) is 5.55. The van der Waals surface area contributed by atoms with Crippen molar-refractivity contribution >= 4 is 5.97 Å². The minimum atomic E-state index is -0.916. The van der Waals surface area contributed by atoms with Crippen molar-refractivity contribution < 1.29 is 19.7 Å². The molecule has 1 rings (SSSR count). The fraction of sp³-hybridized carbons (Fsp3) is 0.583. The van der Waals surface area contributed by atoms with Crippen LogP contribution in [0.2, 0.25) is 0 Å². The van der Waals surface area contributed by atoms with Crippen LogP contribution in [0.3, 0.4) is 0 Å². The van der Waals surface area contributed by atoms with Crippen LogP contribution in [-0.4, -0.2) is 34.5 Å². The van der Waals surface area contributed by atoms with E-state index >= 15 is 0 Å². The molecular weight excluding hydrogens is 208 g/mol. The van der Waals surface area contributed by atoms with Crippen molar-refractivity contribution in [1.82, 2.24) is 0 Å². The number of aliphatic hydroxyl groups excluding tert-OH is 2. The second-order valence-electron chi connectivity index (χ2n) is 3.89. The Labute approximate surface area is 95.2 Å². The maximum atomic E-state index is 11.3. The molecule has 16 heavy (non-hydrogen) atoms. The van der Waals surface area contributed by atoms with Gasteiger partial charge in [-0.1, -0.05) is 31.6 Å². The maximum absolute atomic E-state index is 11.3. The van der Waals surface area contributed by atoms with Crippen LogP contribution in [0.1, 0.15) is 26.2 Å². The fourth-order valence-electron chi connectivity index (χ4n) is 1.60. The van der Waals surface area contributed by atoms with Crippen molar-refractivity contribution in [3.05, 3.63) is 24.3 Å². The summed E-state index contributed by atoms with van der Waals surface area (Å²) in [4.78, 5) is 11.3. The molecule has 0 aromatic rings. The lowest BCUT2D eigenvalue weighted by Gasteiger charge is -2.22. The molecule has 0 spiro atoms. The molecule has 90 valence electrons. The van der Waals surface area contributed by atoms with Crippen molar-refractivity contribution in [1.29, 1.82) is 0 Å². The number of carbonyl (C=O) groups excluding carboxylic acids is 1. The number of hydrogen-bond donors (Lipinski definition) is 2. The fourth-order valence-corrected chi connectivity index (χ4v) is 1.60. The van der Waals surface area contributed by atoms with Gasteiger partial charge >= 0.3 is 5.97 Å². The Balaban J connectivity index is 2.73. The largest absolute Gasteiger partial charge is 0.459 e. The number of allylic oxidation sites excluding steroid dienone is 2. The smallest absolute Gasteiger partial charge is 0.331 e. The molecule has 0 amide bonds. The minimum Gasteiger partial charge on any atom is -0.459 e. The van der Waals surface area contributed by atoms with E-state index in [-0.39, 0.29) is 12.5 Å². The molecule has 0 fully saturated rings. The molecule has 0 bridgehead atoms. The van der Waals surface area contributed by atoms with Crippen LogP contribution < -0.4 is 0 Å². The summed E-state index contributed by atoms with van der Waals surface area (Å²) in [6.07, 6.45) is 5.45. The summed E-state index contributed by atoms with van der Waals surface area (Å²) < 4.78 is 5.16. The highest BCUT2D eigenvalue weighted by molar-refractivity contribution is 5.82. The van der Waals surface area contributed by atoms with Crippen LogP contribution in [0.4, 0.5) is 0 Å². The zero-order chi connectivity index (χ0) is 12.0.